The maximum atomic E-state index is 13.1. The molecular weight excluding hydrogens is 386 g/mol. The highest BCUT2D eigenvalue weighted by Crippen LogP contribution is 2.43. The number of hydrogen-bond acceptors (Lipinski definition) is 4. The highest BCUT2D eigenvalue weighted by atomic mass is 35.5. The maximum absolute atomic E-state index is 13.1. The van der Waals surface area contributed by atoms with Crippen LogP contribution in [0.15, 0.2) is 47.4 Å². The number of para-hydroxylation sites is 1. The molecule has 2 aromatic carbocycles. The van der Waals surface area contributed by atoms with Gasteiger partial charge in [-0.1, -0.05) is 43.6 Å². The molecule has 0 fully saturated rings. The van der Waals surface area contributed by atoms with Crippen LogP contribution in [0.25, 0.3) is 0 Å². The molecule has 3 rings (SSSR count). The highest BCUT2D eigenvalue weighted by Gasteiger charge is 2.40. The summed E-state index contributed by atoms with van der Waals surface area (Å²) in [4.78, 5) is 0.0278. The zero-order valence-corrected chi connectivity index (χ0v) is 17.2. The summed E-state index contributed by atoms with van der Waals surface area (Å²) in [7, 11) is -2.41. The van der Waals surface area contributed by atoms with E-state index in [-0.39, 0.29) is 10.6 Å². The maximum Gasteiger partial charge on any atom is 0.244 e. The molecule has 0 bridgehead atoms. The van der Waals surface area contributed by atoms with Gasteiger partial charge in [-0.2, -0.15) is 0 Å². The molecule has 7 heteroatoms. The molecule has 0 spiro atoms. The third-order valence-corrected chi connectivity index (χ3v) is 6.93. The van der Waals surface area contributed by atoms with Crippen molar-refractivity contribution in [2.75, 3.05) is 7.11 Å². The highest BCUT2D eigenvalue weighted by molar-refractivity contribution is 7.89. The zero-order valence-electron chi connectivity index (χ0n) is 15.7. The van der Waals surface area contributed by atoms with Crippen molar-refractivity contribution in [1.29, 1.82) is 0 Å². The first-order valence-corrected chi connectivity index (χ1v) is 10.8. The van der Waals surface area contributed by atoms with Crippen molar-refractivity contribution in [3.05, 3.63) is 53.1 Å². The molecule has 1 heterocycles. The van der Waals surface area contributed by atoms with Crippen LogP contribution in [0, 0.1) is 0 Å². The van der Waals surface area contributed by atoms with Crippen molar-refractivity contribution in [2.45, 2.75) is 49.6 Å². The van der Waals surface area contributed by atoms with Gasteiger partial charge >= 0.3 is 0 Å². The van der Waals surface area contributed by atoms with Crippen LogP contribution in [-0.4, -0.2) is 21.1 Å². The minimum Gasteiger partial charge on any atom is -0.495 e. The fourth-order valence-corrected chi connectivity index (χ4v) is 5.16. The number of benzene rings is 2. The first kappa shape index (κ1) is 20.0. The number of rotatable bonds is 6. The van der Waals surface area contributed by atoms with Crippen LogP contribution in [0.5, 0.6) is 11.5 Å². The molecule has 0 unspecified atom stereocenters. The Kier molecular flexibility index (Phi) is 5.70. The first-order valence-electron chi connectivity index (χ1n) is 8.98. The Morgan fingerprint density at radius 2 is 1.93 bits per heavy atom. The van der Waals surface area contributed by atoms with Gasteiger partial charge in [-0.05, 0) is 37.1 Å². The topological polar surface area (TPSA) is 64.6 Å². The van der Waals surface area contributed by atoms with E-state index in [1.54, 1.807) is 12.1 Å². The lowest BCUT2D eigenvalue weighted by molar-refractivity contribution is 0.0260. The Hall–Kier alpha value is -1.76. The summed E-state index contributed by atoms with van der Waals surface area (Å²) < 4.78 is 40.6. The molecule has 1 N–H and O–H groups in total. The Labute approximate surface area is 165 Å². The number of nitrogens with one attached hydrogen (secondary N) is 1. The van der Waals surface area contributed by atoms with Gasteiger partial charge in [-0.3, -0.25) is 0 Å². The van der Waals surface area contributed by atoms with E-state index in [4.69, 9.17) is 21.1 Å². The van der Waals surface area contributed by atoms with E-state index in [0.29, 0.717) is 11.4 Å². The molecule has 1 atom stereocenters. The molecular formula is C20H24ClNO4S. The van der Waals surface area contributed by atoms with Gasteiger partial charge in [0.1, 0.15) is 22.0 Å². The molecule has 0 saturated carbocycles. The van der Waals surface area contributed by atoms with Gasteiger partial charge in [-0.15, -0.1) is 0 Å². The minimum atomic E-state index is -3.85. The SMILES string of the molecule is CCC1(CC)C[C@@H](NS(=O)(=O)c2cc(Cl)ccc2OC)c2ccccc2O1. The van der Waals surface area contributed by atoms with Gasteiger partial charge in [0.2, 0.25) is 10.0 Å². The molecule has 5 nitrogen and oxygen atoms in total. The van der Waals surface area contributed by atoms with E-state index in [1.807, 2.05) is 24.3 Å². The fourth-order valence-electron chi connectivity index (χ4n) is 3.52. The number of methoxy groups -OCH3 is 1. The van der Waals surface area contributed by atoms with E-state index in [1.165, 1.54) is 13.2 Å². The molecule has 0 radical (unpaired) electrons. The second kappa shape index (κ2) is 7.70. The second-order valence-corrected chi connectivity index (χ2v) is 8.82. The quantitative estimate of drug-likeness (QED) is 0.750. The molecule has 0 aromatic heterocycles. The lowest BCUT2D eigenvalue weighted by Gasteiger charge is -2.41. The number of hydrogen-bond donors (Lipinski definition) is 1. The molecule has 1 aliphatic rings. The van der Waals surface area contributed by atoms with E-state index in [9.17, 15) is 8.42 Å². The van der Waals surface area contributed by atoms with Gasteiger partial charge in [0.25, 0.3) is 0 Å². The lowest BCUT2D eigenvalue weighted by Crippen LogP contribution is -2.44. The second-order valence-electron chi connectivity index (χ2n) is 6.70. The fraction of sp³-hybridized carbons (Fsp3) is 0.400. The average Bonchev–Trinajstić information content (AvgIpc) is 2.67. The average molecular weight is 410 g/mol. The summed E-state index contributed by atoms with van der Waals surface area (Å²) >= 11 is 6.03. The van der Waals surface area contributed by atoms with E-state index < -0.39 is 21.7 Å². The Morgan fingerprint density at radius 3 is 2.59 bits per heavy atom. The Bertz CT molecular complexity index is 925. The van der Waals surface area contributed by atoms with Crippen molar-refractivity contribution in [2.24, 2.45) is 0 Å². The van der Waals surface area contributed by atoms with E-state index in [0.717, 1.165) is 24.2 Å². The van der Waals surface area contributed by atoms with Crippen molar-refractivity contribution in [3.8, 4) is 11.5 Å². The van der Waals surface area contributed by atoms with Crippen LogP contribution >= 0.6 is 11.6 Å². The van der Waals surface area contributed by atoms with Gasteiger partial charge in [-0.25, -0.2) is 13.1 Å². The van der Waals surface area contributed by atoms with Gasteiger partial charge in [0, 0.05) is 17.0 Å². The van der Waals surface area contributed by atoms with Crippen molar-refractivity contribution in [1.82, 2.24) is 4.72 Å². The largest absolute Gasteiger partial charge is 0.495 e. The van der Waals surface area contributed by atoms with Crippen LogP contribution in [0.1, 0.15) is 44.7 Å². The van der Waals surface area contributed by atoms with Crippen molar-refractivity contribution in [3.63, 3.8) is 0 Å². The van der Waals surface area contributed by atoms with E-state index in [2.05, 4.69) is 18.6 Å². The van der Waals surface area contributed by atoms with Crippen LogP contribution in [0.4, 0.5) is 0 Å². The monoisotopic (exact) mass is 409 g/mol. The number of halogens is 1. The summed E-state index contributed by atoms with van der Waals surface area (Å²) in [5.74, 6) is 0.975. The number of sulfonamides is 1. The Morgan fingerprint density at radius 1 is 1.22 bits per heavy atom. The molecule has 0 aliphatic carbocycles. The van der Waals surface area contributed by atoms with Crippen LogP contribution in [-0.2, 0) is 10.0 Å². The van der Waals surface area contributed by atoms with Crippen molar-refractivity contribution < 1.29 is 17.9 Å². The minimum absolute atomic E-state index is 0.0278. The molecule has 1 aliphatic heterocycles. The molecule has 146 valence electrons. The molecule has 0 saturated heterocycles. The summed E-state index contributed by atoms with van der Waals surface area (Å²) in [6.07, 6.45) is 2.13. The van der Waals surface area contributed by atoms with Crippen LogP contribution in [0.3, 0.4) is 0 Å². The smallest absolute Gasteiger partial charge is 0.244 e. The summed E-state index contributed by atoms with van der Waals surface area (Å²) in [5, 5.41) is 0.333. The lowest BCUT2D eigenvalue weighted by atomic mass is 9.84. The van der Waals surface area contributed by atoms with E-state index >= 15 is 0 Å². The normalized spacial score (nSPS) is 18.4. The van der Waals surface area contributed by atoms with Crippen LogP contribution < -0.4 is 14.2 Å². The predicted molar refractivity (Wildman–Crippen MR) is 106 cm³/mol. The predicted octanol–water partition coefficient (Wildman–Crippen LogP) is 4.71. The first-order chi connectivity index (χ1) is 12.8. The third kappa shape index (κ3) is 3.93. The summed E-state index contributed by atoms with van der Waals surface area (Å²) in [6, 6.07) is 11.7. The van der Waals surface area contributed by atoms with Crippen molar-refractivity contribution >= 4 is 21.6 Å². The third-order valence-electron chi connectivity index (χ3n) is 5.20. The number of ether oxygens (including phenoxy) is 2. The van der Waals surface area contributed by atoms with Crippen LogP contribution in [0.2, 0.25) is 5.02 Å². The standard InChI is InChI=1S/C20H24ClNO4S/c1-4-20(5-2)13-16(15-8-6-7-9-17(15)26-20)22-27(23,24)19-12-14(21)10-11-18(19)25-3/h6-12,16,22H,4-5,13H2,1-3H3/t16-/m1/s1. The molecule has 27 heavy (non-hydrogen) atoms. The zero-order chi connectivity index (χ0) is 19.7. The van der Waals surface area contributed by atoms with Gasteiger partial charge in [0.05, 0.1) is 13.2 Å². The van der Waals surface area contributed by atoms with Gasteiger partial charge in [0.15, 0.2) is 0 Å². The van der Waals surface area contributed by atoms with Gasteiger partial charge < -0.3 is 9.47 Å². The molecule has 2 aromatic rings. The Balaban J connectivity index is 2.02. The molecule has 0 amide bonds. The number of fused-ring (bicyclic) bond motifs is 1. The summed E-state index contributed by atoms with van der Waals surface area (Å²) in [5.41, 5.74) is 0.430. The summed E-state index contributed by atoms with van der Waals surface area (Å²) in [6.45, 7) is 4.12.